The summed E-state index contributed by atoms with van der Waals surface area (Å²) in [6.07, 6.45) is 5.15. The molecule has 0 radical (unpaired) electrons. The van der Waals surface area contributed by atoms with Crippen molar-refractivity contribution in [2.45, 2.75) is 89.6 Å². The second-order valence-corrected chi connectivity index (χ2v) is 6.93. The van der Waals surface area contributed by atoms with E-state index in [1.807, 2.05) is 0 Å². The molecule has 10 nitrogen and oxygen atoms in total. The fraction of sp³-hybridized carbons (Fsp3) is 0.737. The van der Waals surface area contributed by atoms with Gasteiger partial charge in [-0.3, -0.25) is 9.59 Å². The van der Waals surface area contributed by atoms with E-state index in [2.05, 4.69) is 17.6 Å². The van der Waals surface area contributed by atoms with Crippen LogP contribution >= 0.6 is 0 Å². The number of ketones is 1. The van der Waals surface area contributed by atoms with Crippen molar-refractivity contribution in [3.05, 3.63) is 0 Å². The normalized spacial score (nSPS) is 12.6. The number of hydrogen-bond donors (Lipinski definition) is 5. The summed E-state index contributed by atoms with van der Waals surface area (Å²) >= 11 is 0. The molecule has 0 spiro atoms. The van der Waals surface area contributed by atoms with Gasteiger partial charge in [0.05, 0.1) is 0 Å². The minimum absolute atomic E-state index is 0.139. The van der Waals surface area contributed by atoms with Crippen LogP contribution < -0.4 is 10.6 Å². The molecular formula is C19H32N2O8. The van der Waals surface area contributed by atoms with E-state index < -0.39 is 42.4 Å². The van der Waals surface area contributed by atoms with Crippen LogP contribution in [0.1, 0.15) is 77.6 Å². The Labute approximate surface area is 170 Å². The van der Waals surface area contributed by atoms with E-state index >= 15 is 0 Å². The van der Waals surface area contributed by atoms with Gasteiger partial charge in [-0.25, -0.2) is 14.4 Å². The van der Waals surface area contributed by atoms with Crippen molar-refractivity contribution in [3.8, 4) is 0 Å². The van der Waals surface area contributed by atoms with Gasteiger partial charge >= 0.3 is 23.9 Å². The maximum atomic E-state index is 11.9. The molecule has 0 aromatic heterocycles. The van der Waals surface area contributed by atoms with Gasteiger partial charge in [0.2, 0.25) is 0 Å². The molecule has 2 atom stereocenters. The Hall–Kier alpha value is -2.65. The lowest BCUT2D eigenvalue weighted by Crippen LogP contribution is -2.51. The van der Waals surface area contributed by atoms with E-state index in [0.717, 1.165) is 19.3 Å². The molecule has 0 fully saturated rings. The summed E-state index contributed by atoms with van der Waals surface area (Å²) < 4.78 is 0. The van der Waals surface area contributed by atoms with Crippen LogP contribution in [-0.2, 0) is 19.2 Å². The number of urea groups is 1. The maximum absolute atomic E-state index is 11.9. The summed E-state index contributed by atoms with van der Waals surface area (Å²) in [5.41, 5.74) is 0. The van der Waals surface area contributed by atoms with E-state index in [1.165, 1.54) is 0 Å². The van der Waals surface area contributed by atoms with Crippen molar-refractivity contribution >= 4 is 29.7 Å². The second-order valence-electron chi connectivity index (χ2n) is 6.93. The molecule has 0 saturated heterocycles. The first kappa shape index (κ1) is 26.4. The van der Waals surface area contributed by atoms with Crippen molar-refractivity contribution in [2.75, 3.05) is 0 Å². The fourth-order valence-corrected chi connectivity index (χ4v) is 2.69. The monoisotopic (exact) mass is 416 g/mol. The largest absolute Gasteiger partial charge is 0.481 e. The third kappa shape index (κ3) is 14.1. The molecule has 29 heavy (non-hydrogen) atoms. The molecule has 0 aromatic rings. The minimum atomic E-state index is -1.43. The van der Waals surface area contributed by atoms with Crippen LogP contribution in [0, 0.1) is 0 Å². The van der Waals surface area contributed by atoms with Crippen LogP contribution in [0.5, 0.6) is 0 Å². The minimum Gasteiger partial charge on any atom is -0.481 e. The lowest BCUT2D eigenvalue weighted by Gasteiger charge is -2.18. The SMILES string of the molecule is CCCCCC(=O)CCCCCC(NC(=O)NC(CCC(=O)O)C(=O)O)C(=O)O. The van der Waals surface area contributed by atoms with Gasteiger partial charge in [-0.15, -0.1) is 0 Å². The van der Waals surface area contributed by atoms with Crippen molar-refractivity contribution in [3.63, 3.8) is 0 Å². The highest BCUT2D eigenvalue weighted by atomic mass is 16.4. The predicted octanol–water partition coefficient (Wildman–Crippen LogP) is 2.16. The number of amides is 2. The standard InChI is InChI=1S/C19H32N2O8/c1-2-3-5-8-13(22)9-6-4-7-10-14(17(25)26)20-19(29)21-15(18(27)28)11-12-16(23)24/h14-15H,2-12H2,1H3,(H,23,24)(H,25,26)(H,27,28)(H2,20,21,29). The average Bonchev–Trinajstić information content (AvgIpc) is 2.63. The van der Waals surface area contributed by atoms with Gasteiger partial charge in [-0.2, -0.15) is 0 Å². The summed E-state index contributed by atoms with van der Waals surface area (Å²) in [5, 5.41) is 31.1. The number of carbonyl (C=O) groups excluding carboxylic acids is 2. The summed E-state index contributed by atoms with van der Waals surface area (Å²) in [7, 11) is 0. The lowest BCUT2D eigenvalue weighted by molar-refractivity contribution is -0.140. The van der Waals surface area contributed by atoms with Crippen molar-refractivity contribution in [1.29, 1.82) is 0 Å². The highest BCUT2D eigenvalue weighted by Gasteiger charge is 2.24. The van der Waals surface area contributed by atoms with Crippen LogP contribution in [0.25, 0.3) is 0 Å². The Morgan fingerprint density at radius 2 is 1.21 bits per heavy atom. The fourth-order valence-electron chi connectivity index (χ4n) is 2.69. The Balaban J connectivity index is 4.28. The van der Waals surface area contributed by atoms with Gasteiger partial charge < -0.3 is 26.0 Å². The van der Waals surface area contributed by atoms with Crippen LogP contribution in [0.15, 0.2) is 0 Å². The maximum Gasteiger partial charge on any atom is 0.326 e. The van der Waals surface area contributed by atoms with Gasteiger partial charge in [-0.05, 0) is 25.7 Å². The Bertz CT molecular complexity index is 564. The van der Waals surface area contributed by atoms with Gasteiger partial charge in [0.25, 0.3) is 0 Å². The van der Waals surface area contributed by atoms with Crippen LogP contribution in [0.3, 0.4) is 0 Å². The number of rotatable bonds is 17. The summed E-state index contributed by atoms with van der Waals surface area (Å²) in [4.78, 5) is 56.5. The number of aliphatic carboxylic acids is 3. The molecule has 2 unspecified atom stereocenters. The number of Topliss-reactive ketones (excluding diaryl/α,β-unsaturated/α-hetero) is 1. The highest BCUT2D eigenvalue weighted by molar-refractivity contribution is 5.86. The molecule has 0 aliphatic carbocycles. The molecular weight excluding hydrogens is 384 g/mol. The predicted molar refractivity (Wildman–Crippen MR) is 104 cm³/mol. The smallest absolute Gasteiger partial charge is 0.326 e. The Morgan fingerprint density at radius 1 is 0.690 bits per heavy atom. The van der Waals surface area contributed by atoms with Gasteiger partial charge in [-0.1, -0.05) is 32.6 Å². The van der Waals surface area contributed by atoms with Crippen LogP contribution in [0.2, 0.25) is 0 Å². The zero-order valence-electron chi connectivity index (χ0n) is 16.8. The van der Waals surface area contributed by atoms with Crippen molar-refractivity contribution in [1.82, 2.24) is 10.6 Å². The summed E-state index contributed by atoms with van der Waals surface area (Å²) in [6, 6.07) is -3.62. The van der Waals surface area contributed by atoms with E-state index in [1.54, 1.807) is 0 Å². The van der Waals surface area contributed by atoms with Crippen molar-refractivity contribution in [2.24, 2.45) is 0 Å². The molecule has 5 N–H and O–H groups in total. The first-order chi connectivity index (χ1) is 13.7. The molecule has 0 saturated carbocycles. The average molecular weight is 416 g/mol. The molecule has 2 amide bonds. The number of carbonyl (C=O) groups is 5. The number of nitrogens with one attached hydrogen (secondary N) is 2. The number of carboxylic acid groups (broad SMARTS) is 3. The van der Waals surface area contributed by atoms with Crippen molar-refractivity contribution < 1.29 is 39.3 Å². The zero-order valence-corrected chi connectivity index (χ0v) is 16.8. The molecule has 166 valence electrons. The first-order valence-corrected chi connectivity index (χ1v) is 9.93. The first-order valence-electron chi connectivity index (χ1n) is 9.93. The zero-order chi connectivity index (χ0) is 22.2. The third-order valence-electron chi connectivity index (χ3n) is 4.36. The van der Waals surface area contributed by atoms with E-state index in [0.29, 0.717) is 32.1 Å². The molecule has 0 aliphatic heterocycles. The Morgan fingerprint density at radius 3 is 1.69 bits per heavy atom. The number of hydrogen-bond acceptors (Lipinski definition) is 5. The van der Waals surface area contributed by atoms with Gasteiger partial charge in [0.15, 0.2) is 0 Å². The molecule has 10 heteroatoms. The number of unbranched alkanes of at least 4 members (excludes halogenated alkanes) is 4. The molecule has 0 aromatic carbocycles. The van der Waals surface area contributed by atoms with E-state index in [-0.39, 0.29) is 18.6 Å². The van der Waals surface area contributed by atoms with Crippen LogP contribution in [-0.4, -0.2) is 57.1 Å². The lowest BCUT2D eigenvalue weighted by atomic mass is 10.0. The molecule has 0 bridgehead atoms. The highest BCUT2D eigenvalue weighted by Crippen LogP contribution is 2.10. The van der Waals surface area contributed by atoms with Gasteiger partial charge in [0.1, 0.15) is 17.9 Å². The molecule has 0 aliphatic rings. The summed E-state index contributed by atoms with van der Waals surface area (Å²) in [6.45, 7) is 2.07. The summed E-state index contributed by atoms with van der Waals surface area (Å²) in [5.74, 6) is -3.66. The van der Waals surface area contributed by atoms with Crippen LogP contribution in [0.4, 0.5) is 4.79 Å². The molecule has 0 rings (SSSR count). The third-order valence-corrected chi connectivity index (χ3v) is 4.36. The van der Waals surface area contributed by atoms with Gasteiger partial charge in [0, 0.05) is 19.3 Å². The molecule has 0 heterocycles. The second kappa shape index (κ2) is 15.3. The quantitative estimate of drug-likeness (QED) is 0.225. The van der Waals surface area contributed by atoms with E-state index in [9.17, 15) is 29.1 Å². The number of carboxylic acids is 3. The van der Waals surface area contributed by atoms with E-state index in [4.69, 9.17) is 10.2 Å². The topological polar surface area (TPSA) is 170 Å². The Kier molecular flexibility index (Phi) is 13.9.